The Balaban J connectivity index is 2.12. The molecule has 1 N–H and O–H groups in total. The molecule has 3 aromatic rings. The number of nitrogens with zero attached hydrogens (tertiary/aromatic N) is 1. The van der Waals surface area contributed by atoms with E-state index in [4.69, 9.17) is 5.11 Å². The molecule has 0 fully saturated rings. The fourth-order valence-electron chi connectivity index (χ4n) is 2.69. The Morgan fingerprint density at radius 2 is 1.14 bits per heavy atom. The summed E-state index contributed by atoms with van der Waals surface area (Å²) in [7, 11) is 0. The van der Waals surface area contributed by atoms with Gasteiger partial charge in [0.1, 0.15) is 5.69 Å². The summed E-state index contributed by atoms with van der Waals surface area (Å²) in [5, 5.41) is 9.16. The summed E-state index contributed by atoms with van der Waals surface area (Å²) in [6.07, 6.45) is -9.08. The normalized spacial score (nSPS) is 12.1. The van der Waals surface area contributed by atoms with Gasteiger partial charge in [0.15, 0.2) is 0 Å². The molecule has 9 heteroatoms. The average Bonchev–Trinajstić information content (AvgIpc) is 2.66. The number of rotatable bonds is 3. The highest BCUT2D eigenvalue weighted by molar-refractivity contribution is 5.89. The van der Waals surface area contributed by atoms with E-state index in [-0.39, 0.29) is 22.5 Å². The second kappa shape index (κ2) is 7.23. The number of carboxylic acids is 1. The number of benzene rings is 2. The predicted molar refractivity (Wildman–Crippen MR) is 92.1 cm³/mol. The minimum Gasteiger partial charge on any atom is -0.477 e. The monoisotopic (exact) mass is 411 g/mol. The second-order valence-electron chi connectivity index (χ2n) is 6.05. The van der Waals surface area contributed by atoms with Crippen molar-refractivity contribution in [3.8, 4) is 22.4 Å². The van der Waals surface area contributed by atoms with E-state index in [0.29, 0.717) is 5.56 Å². The minimum absolute atomic E-state index is 0.0402. The maximum Gasteiger partial charge on any atom is 0.416 e. The van der Waals surface area contributed by atoms with Crippen molar-refractivity contribution in [2.24, 2.45) is 0 Å². The average molecular weight is 411 g/mol. The maximum atomic E-state index is 12.8. The third-order valence-electron chi connectivity index (χ3n) is 4.12. The SMILES string of the molecule is O=C(O)c1ccc(-c2ccc(C(F)(F)F)cc2)c(-c2ccc(C(F)(F)F)cc2)n1. The Hall–Kier alpha value is -3.36. The first-order chi connectivity index (χ1) is 13.5. The third-order valence-corrected chi connectivity index (χ3v) is 4.12. The lowest BCUT2D eigenvalue weighted by atomic mass is 9.97. The molecule has 3 nitrogen and oxygen atoms in total. The van der Waals surface area contributed by atoms with E-state index in [1.54, 1.807) is 0 Å². The zero-order valence-corrected chi connectivity index (χ0v) is 14.3. The first kappa shape index (κ1) is 20.4. The zero-order chi connectivity index (χ0) is 21.4. The van der Waals surface area contributed by atoms with Crippen LogP contribution in [0.1, 0.15) is 21.6 Å². The van der Waals surface area contributed by atoms with Crippen molar-refractivity contribution in [1.29, 1.82) is 0 Å². The fraction of sp³-hybridized carbons (Fsp3) is 0.100. The topological polar surface area (TPSA) is 50.2 Å². The molecule has 0 aliphatic rings. The van der Waals surface area contributed by atoms with Crippen LogP contribution in [0.5, 0.6) is 0 Å². The van der Waals surface area contributed by atoms with Crippen LogP contribution in [0.3, 0.4) is 0 Å². The highest BCUT2D eigenvalue weighted by atomic mass is 19.4. The number of carbonyl (C=O) groups is 1. The highest BCUT2D eigenvalue weighted by Crippen LogP contribution is 2.36. The molecule has 0 atom stereocenters. The molecule has 0 bridgehead atoms. The molecule has 0 unspecified atom stereocenters. The smallest absolute Gasteiger partial charge is 0.416 e. The first-order valence-electron chi connectivity index (χ1n) is 8.06. The van der Waals surface area contributed by atoms with Gasteiger partial charge in [-0.15, -0.1) is 0 Å². The summed E-state index contributed by atoms with van der Waals surface area (Å²) in [5.74, 6) is -1.35. The Morgan fingerprint density at radius 1 is 0.690 bits per heavy atom. The van der Waals surface area contributed by atoms with E-state index in [1.165, 1.54) is 24.3 Å². The van der Waals surface area contributed by atoms with E-state index in [0.717, 1.165) is 36.4 Å². The molecule has 1 heterocycles. The summed E-state index contributed by atoms with van der Waals surface area (Å²) in [4.78, 5) is 15.2. The van der Waals surface area contributed by atoms with Crippen LogP contribution in [0.2, 0.25) is 0 Å². The largest absolute Gasteiger partial charge is 0.477 e. The summed E-state index contributed by atoms with van der Waals surface area (Å²) >= 11 is 0. The van der Waals surface area contributed by atoms with Gasteiger partial charge < -0.3 is 5.11 Å². The lowest BCUT2D eigenvalue weighted by Crippen LogP contribution is -2.05. The number of halogens is 6. The molecule has 3 rings (SSSR count). The number of hydrogen-bond acceptors (Lipinski definition) is 2. The lowest BCUT2D eigenvalue weighted by molar-refractivity contribution is -0.138. The van der Waals surface area contributed by atoms with Crippen LogP contribution in [0.25, 0.3) is 22.4 Å². The van der Waals surface area contributed by atoms with Gasteiger partial charge in [-0.1, -0.05) is 24.3 Å². The molecule has 2 aromatic carbocycles. The summed E-state index contributed by atoms with van der Waals surface area (Å²) in [6.45, 7) is 0. The van der Waals surface area contributed by atoms with Gasteiger partial charge >= 0.3 is 18.3 Å². The van der Waals surface area contributed by atoms with Crippen molar-refractivity contribution in [3.05, 3.63) is 77.5 Å². The molecule has 0 aliphatic heterocycles. The van der Waals surface area contributed by atoms with Crippen LogP contribution in [-0.2, 0) is 12.4 Å². The van der Waals surface area contributed by atoms with E-state index >= 15 is 0 Å². The number of carboxylic acid groups (broad SMARTS) is 1. The molecule has 0 aliphatic carbocycles. The maximum absolute atomic E-state index is 12.8. The van der Waals surface area contributed by atoms with Crippen LogP contribution < -0.4 is 0 Å². The van der Waals surface area contributed by atoms with Gasteiger partial charge in [-0.3, -0.25) is 0 Å². The molecule has 0 radical (unpaired) electrons. The molecular formula is C20H11F6NO2. The Morgan fingerprint density at radius 3 is 1.55 bits per heavy atom. The van der Waals surface area contributed by atoms with Gasteiger partial charge in [-0.2, -0.15) is 26.3 Å². The van der Waals surface area contributed by atoms with Crippen LogP contribution in [0.15, 0.2) is 60.7 Å². The van der Waals surface area contributed by atoms with Gasteiger partial charge in [0.2, 0.25) is 0 Å². The Kier molecular flexibility index (Phi) is 5.08. The van der Waals surface area contributed by atoms with Gasteiger partial charge in [0.25, 0.3) is 0 Å². The molecule has 0 spiro atoms. The number of aromatic nitrogens is 1. The summed E-state index contributed by atoms with van der Waals surface area (Å²) in [5.41, 5.74) is -1.30. The van der Waals surface area contributed by atoms with E-state index < -0.39 is 29.4 Å². The van der Waals surface area contributed by atoms with E-state index in [1.807, 2.05) is 0 Å². The third kappa shape index (κ3) is 4.39. The van der Waals surface area contributed by atoms with E-state index in [9.17, 15) is 31.1 Å². The van der Waals surface area contributed by atoms with E-state index in [2.05, 4.69) is 4.98 Å². The van der Waals surface area contributed by atoms with Crippen molar-refractivity contribution in [2.75, 3.05) is 0 Å². The van der Waals surface area contributed by atoms with Crippen molar-refractivity contribution in [1.82, 2.24) is 4.98 Å². The molecular weight excluding hydrogens is 400 g/mol. The van der Waals surface area contributed by atoms with Crippen molar-refractivity contribution in [2.45, 2.75) is 12.4 Å². The standard InChI is InChI=1S/C20H11F6NO2/c21-19(22,23)13-5-1-11(2-6-13)15-9-10-16(18(28)29)27-17(15)12-3-7-14(8-4-12)20(24,25)26/h1-10H,(H,28,29). The summed E-state index contributed by atoms with van der Waals surface area (Å²) in [6, 6.07) is 10.5. The van der Waals surface area contributed by atoms with Gasteiger partial charge in [0, 0.05) is 11.1 Å². The van der Waals surface area contributed by atoms with Crippen LogP contribution in [-0.4, -0.2) is 16.1 Å². The number of hydrogen-bond donors (Lipinski definition) is 1. The van der Waals surface area contributed by atoms with Gasteiger partial charge in [0.05, 0.1) is 16.8 Å². The molecule has 0 saturated heterocycles. The Labute approximate surface area is 160 Å². The highest BCUT2D eigenvalue weighted by Gasteiger charge is 2.31. The van der Waals surface area contributed by atoms with Crippen molar-refractivity contribution >= 4 is 5.97 Å². The molecule has 150 valence electrons. The van der Waals surface area contributed by atoms with Crippen LogP contribution in [0.4, 0.5) is 26.3 Å². The minimum atomic E-state index is -4.55. The lowest BCUT2D eigenvalue weighted by Gasteiger charge is -2.13. The molecule has 29 heavy (non-hydrogen) atoms. The van der Waals surface area contributed by atoms with Gasteiger partial charge in [-0.05, 0) is 42.0 Å². The van der Waals surface area contributed by atoms with Crippen LogP contribution in [0, 0.1) is 0 Å². The molecule has 0 saturated carbocycles. The molecule has 1 aromatic heterocycles. The summed E-state index contributed by atoms with van der Waals surface area (Å²) < 4.78 is 76.7. The zero-order valence-electron chi connectivity index (χ0n) is 14.3. The predicted octanol–water partition coefficient (Wildman–Crippen LogP) is 6.15. The number of aromatic carboxylic acids is 1. The Bertz CT molecular complexity index is 1040. The number of alkyl halides is 6. The van der Waals surface area contributed by atoms with Crippen molar-refractivity contribution in [3.63, 3.8) is 0 Å². The quantitative estimate of drug-likeness (QED) is 0.526. The van der Waals surface area contributed by atoms with Gasteiger partial charge in [-0.25, -0.2) is 9.78 Å². The molecule has 0 amide bonds. The van der Waals surface area contributed by atoms with Crippen molar-refractivity contribution < 1.29 is 36.2 Å². The second-order valence-corrected chi connectivity index (χ2v) is 6.05. The van der Waals surface area contributed by atoms with Crippen LogP contribution >= 0.6 is 0 Å². The fourth-order valence-corrected chi connectivity index (χ4v) is 2.69. The first-order valence-corrected chi connectivity index (χ1v) is 8.06. The number of pyridine rings is 1.